The van der Waals surface area contributed by atoms with Gasteiger partial charge in [-0.3, -0.25) is 0 Å². The molecule has 1 aliphatic heterocycles. The number of hydrogen-bond donors (Lipinski definition) is 0. The number of pyridine rings is 1. The third-order valence-electron chi connectivity index (χ3n) is 6.25. The zero-order valence-electron chi connectivity index (χ0n) is 17.1. The normalized spacial score (nSPS) is 13.3. The first kappa shape index (κ1) is 17.4. The molecule has 3 heteroatoms. The van der Waals surface area contributed by atoms with Gasteiger partial charge < -0.3 is 9.15 Å². The van der Waals surface area contributed by atoms with E-state index in [2.05, 4.69) is 85.4 Å². The molecule has 6 rings (SSSR count). The van der Waals surface area contributed by atoms with Crippen molar-refractivity contribution in [2.24, 2.45) is 7.05 Å². The lowest BCUT2D eigenvalue weighted by Crippen LogP contribution is -2.30. The fraction of sp³-hybridized carbons (Fsp3) is 0.148. The van der Waals surface area contributed by atoms with Crippen molar-refractivity contribution in [1.82, 2.24) is 0 Å². The van der Waals surface area contributed by atoms with E-state index in [4.69, 9.17) is 9.15 Å². The highest BCUT2D eigenvalue weighted by Crippen LogP contribution is 2.42. The number of benzene rings is 3. The molecule has 0 saturated heterocycles. The van der Waals surface area contributed by atoms with Gasteiger partial charge in [0.15, 0.2) is 6.20 Å². The molecule has 3 heterocycles. The summed E-state index contributed by atoms with van der Waals surface area (Å²) in [4.78, 5) is 0. The van der Waals surface area contributed by atoms with Crippen LogP contribution >= 0.6 is 0 Å². The van der Waals surface area contributed by atoms with Crippen molar-refractivity contribution < 1.29 is 13.7 Å². The predicted molar refractivity (Wildman–Crippen MR) is 119 cm³/mol. The smallest absolute Gasteiger partial charge is 0.216 e. The number of nitrogens with zero attached hydrogens (tertiary/aromatic N) is 1. The van der Waals surface area contributed by atoms with Crippen molar-refractivity contribution in [2.75, 3.05) is 0 Å². The van der Waals surface area contributed by atoms with Crippen LogP contribution in [-0.2, 0) is 25.0 Å². The summed E-state index contributed by atoms with van der Waals surface area (Å²) >= 11 is 0. The number of furan rings is 1. The molecule has 2 aromatic heterocycles. The minimum absolute atomic E-state index is 0.659. The number of aromatic nitrogens is 1. The van der Waals surface area contributed by atoms with Gasteiger partial charge in [-0.1, -0.05) is 48.5 Å². The molecule has 0 amide bonds. The van der Waals surface area contributed by atoms with Crippen molar-refractivity contribution in [1.29, 1.82) is 0 Å². The SMILES string of the molecule is Cc1ccc2c(oc3c(-c4cccc5c4COC5)cccc32)c1-c1cccc[n+]1C. The van der Waals surface area contributed by atoms with Crippen molar-refractivity contribution >= 4 is 21.9 Å². The largest absolute Gasteiger partial charge is 0.454 e. The van der Waals surface area contributed by atoms with Gasteiger partial charge in [0.05, 0.1) is 18.8 Å². The summed E-state index contributed by atoms with van der Waals surface area (Å²) in [7, 11) is 2.08. The lowest BCUT2D eigenvalue weighted by Gasteiger charge is -2.08. The van der Waals surface area contributed by atoms with E-state index in [0.29, 0.717) is 13.2 Å². The van der Waals surface area contributed by atoms with Crippen molar-refractivity contribution in [3.8, 4) is 22.4 Å². The fourth-order valence-corrected chi connectivity index (χ4v) is 4.73. The molecular weight excluding hydrogens is 370 g/mol. The van der Waals surface area contributed by atoms with E-state index < -0.39 is 0 Å². The molecule has 0 unspecified atom stereocenters. The first-order valence-corrected chi connectivity index (χ1v) is 10.3. The topological polar surface area (TPSA) is 26.2 Å². The second-order valence-corrected chi connectivity index (χ2v) is 8.05. The standard InChI is InChI=1S/C27H22NO2/c1-17-12-13-22-21-10-6-9-20(19-8-5-7-18-15-29-16-23(18)19)26(21)30-27(22)25(17)24-11-3-4-14-28(24)2/h3-14H,15-16H2,1-2H3/q+1. The summed E-state index contributed by atoms with van der Waals surface area (Å²) in [5.41, 5.74) is 10.3. The molecule has 0 N–H and O–H groups in total. The summed E-state index contributed by atoms with van der Waals surface area (Å²) in [6, 6.07) is 23.6. The van der Waals surface area contributed by atoms with Gasteiger partial charge in [0.2, 0.25) is 5.69 Å². The van der Waals surface area contributed by atoms with Crippen molar-refractivity contribution in [2.45, 2.75) is 20.1 Å². The zero-order chi connectivity index (χ0) is 20.2. The van der Waals surface area contributed by atoms with Crippen molar-refractivity contribution in [3.63, 3.8) is 0 Å². The van der Waals surface area contributed by atoms with Crippen LogP contribution in [0.3, 0.4) is 0 Å². The fourth-order valence-electron chi connectivity index (χ4n) is 4.73. The van der Waals surface area contributed by atoms with Crippen LogP contribution in [0.25, 0.3) is 44.3 Å². The number of aryl methyl sites for hydroxylation is 2. The Morgan fingerprint density at radius 2 is 1.60 bits per heavy atom. The molecule has 30 heavy (non-hydrogen) atoms. The predicted octanol–water partition coefficient (Wildman–Crippen LogP) is 6.08. The van der Waals surface area contributed by atoms with Gasteiger partial charge in [-0.15, -0.1) is 0 Å². The Morgan fingerprint density at radius 3 is 2.50 bits per heavy atom. The Labute approximate surface area is 175 Å². The van der Waals surface area contributed by atoms with E-state index in [-0.39, 0.29) is 0 Å². The molecule has 0 bridgehead atoms. The second-order valence-electron chi connectivity index (χ2n) is 8.05. The molecule has 0 spiro atoms. The lowest BCUT2D eigenvalue weighted by molar-refractivity contribution is -0.660. The van der Waals surface area contributed by atoms with Crippen LogP contribution in [0.4, 0.5) is 0 Å². The molecule has 146 valence electrons. The van der Waals surface area contributed by atoms with E-state index >= 15 is 0 Å². The minimum atomic E-state index is 0.659. The third kappa shape index (κ3) is 2.45. The molecule has 0 saturated carbocycles. The number of ether oxygens (including phenoxy) is 1. The van der Waals surface area contributed by atoms with Gasteiger partial charge in [-0.2, -0.15) is 0 Å². The van der Waals surface area contributed by atoms with Gasteiger partial charge >= 0.3 is 0 Å². The molecule has 3 nitrogen and oxygen atoms in total. The van der Waals surface area contributed by atoms with Crippen LogP contribution in [0.15, 0.2) is 77.3 Å². The van der Waals surface area contributed by atoms with Gasteiger partial charge in [0, 0.05) is 28.5 Å². The first-order chi connectivity index (χ1) is 14.7. The molecular formula is C27H22NO2+. The molecule has 0 aliphatic carbocycles. The summed E-state index contributed by atoms with van der Waals surface area (Å²) in [5, 5.41) is 2.30. The third-order valence-corrected chi connectivity index (χ3v) is 6.25. The van der Waals surface area contributed by atoms with Gasteiger partial charge in [-0.25, -0.2) is 4.57 Å². The van der Waals surface area contributed by atoms with Crippen LogP contribution in [-0.4, -0.2) is 0 Å². The van der Waals surface area contributed by atoms with Crippen LogP contribution in [0, 0.1) is 6.92 Å². The van der Waals surface area contributed by atoms with Crippen LogP contribution in [0.5, 0.6) is 0 Å². The Kier molecular flexibility index (Phi) is 3.80. The number of fused-ring (bicyclic) bond motifs is 4. The summed E-state index contributed by atoms with van der Waals surface area (Å²) < 4.78 is 14.5. The van der Waals surface area contributed by atoms with E-state index in [1.54, 1.807) is 0 Å². The van der Waals surface area contributed by atoms with Crippen LogP contribution < -0.4 is 4.57 Å². The number of para-hydroxylation sites is 1. The van der Waals surface area contributed by atoms with E-state index in [9.17, 15) is 0 Å². The molecule has 5 aromatic rings. The quantitative estimate of drug-likeness (QED) is 0.340. The average molecular weight is 392 g/mol. The van der Waals surface area contributed by atoms with Gasteiger partial charge in [0.25, 0.3) is 0 Å². The summed E-state index contributed by atoms with van der Waals surface area (Å²) in [6.07, 6.45) is 2.08. The number of rotatable bonds is 2. The molecule has 3 aromatic carbocycles. The van der Waals surface area contributed by atoms with Crippen LogP contribution in [0.1, 0.15) is 16.7 Å². The highest BCUT2D eigenvalue weighted by atomic mass is 16.5. The van der Waals surface area contributed by atoms with Crippen molar-refractivity contribution in [3.05, 3.63) is 89.6 Å². The lowest BCUT2D eigenvalue weighted by atomic mass is 9.95. The Morgan fingerprint density at radius 1 is 0.767 bits per heavy atom. The summed E-state index contributed by atoms with van der Waals surface area (Å²) in [5.74, 6) is 0. The molecule has 0 radical (unpaired) electrons. The monoisotopic (exact) mass is 392 g/mol. The second kappa shape index (κ2) is 6.54. The van der Waals surface area contributed by atoms with Gasteiger partial charge in [-0.05, 0) is 35.2 Å². The molecule has 1 aliphatic rings. The Hall–Kier alpha value is -3.43. The van der Waals surface area contributed by atoms with E-state index in [1.165, 1.54) is 22.3 Å². The Bertz CT molecular complexity index is 1440. The molecule has 0 fully saturated rings. The van der Waals surface area contributed by atoms with E-state index in [0.717, 1.165) is 38.8 Å². The highest BCUT2D eigenvalue weighted by Gasteiger charge is 2.23. The molecule has 0 atom stereocenters. The Balaban J connectivity index is 1.69. The summed E-state index contributed by atoms with van der Waals surface area (Å²) in [6.45, 7) is 3.50. The highest BCUT2D eigenvalue weighted by molar-refractivity contribution is 6.13. The van der Waals surface area contributed by atoms with Crippen LogP contribution in [0.2, 0.25) is 0 Å². The average Bonchev–Trinajstić information content (AvgIpc) is 3.38. The van der Waals surface area contributed by atoms with Gasteiger partial charge in [0.1, 0.15) is 18.2 Å². The maximum atomic E-state index is 6.67. The number of hydrogen-bond acceptors (Lipinski definition) is 2. The zero-order valence-corrected chi connectivity index (χ0v) is 17.1. The maximum absolute atomic E-state index is 6.67. The maximum Gasteiger partial charge on any atom is 0.216 e. The minimum Gasteiger partial charge on any atom is -0.454 e. The van der Waals surface area contributed by atoms with E-state index in [1.807, 2.05) is 6.07 Å². The first-order valence-electron chi connectivity index (χ1n) is 10.3.